The van der Waals surface area contributed by atoms with Crippen LogP contribution in [-0.2, 0) is 13.2 Å². The molecule has 0 fully saturated rings. The first-order chi connectivity index (χ1) is 10.5. The maximum atomic E-state index is 13.1. The molecule has 0 spiro atoms. The highest BCUT2D eigenvalue weighted by molar-refractivity contribution is 14.1. The second kappa shape index (κ2) is 7.99. The normalized spacial score (nSPS) is 10.6. The summed E-state index contributed by atoms with van der Waals surface area (Å²) < 4.78 is 25.2. The van der Waals surface area contributed by atoms with Gasteiger partial charge >= 0.3 is 0 Å². The van der Waals surface area contributed by atoms with Crippen LogP contribution in [0.2, 0.25) is 5.02 Å². The zero-order chi connectivity index (χ0) is 16.1. The smallest absolute Gasteiger partial charge is 0.174 e. The molecule has 3 nitrogen and oxygen atoms in total. The average Bonchev–Trinajstić information content (AvgIpc) is 2.48. The molecule has 0 heterocycles. The number of benzene rings is 2. The summed E-state index contributed by atoms with van der Waals surface area (Å²) >= 11 is 8.12. The van der Waals surface area contributed by atoms with Crippen LogP contribution in [-0.4, -0.2) is 11.7 Å². The van der Waals surface area contributed by atoms with Crippen LogP contribution in [0, 0.1) is 9.39 Å². The van der Waals surface area contributed by atoms with Gasteiger partial charge in [0.15, 0.2) is 11.5 Å². The topological polar surface area (TPSA) is 38.7 Å². The quantitative estimate of drug-likeness (QED) is 0.675. The lowest BCUT2D eigenvalue weighted by atomic mass is 10.2. The molecule has 2 aromatic rings. The number of rotatable bonds is 6. The molecule has 0 saturated heterocycles. The van der Waals surface area contributed by atoms with E-state index in [0.717, 1.165) is 9.13 Å². The molecular formula is C16H15ClFIO3. The molecule has 2 aromatic carbocycles. The first kappa shape index (κ1) is 17.3. The zero-order valence-corrected chi connectivity index (χ0v) is 14.8. The summed E-state index contributed by atoms with van der Waals surface area (Å²) in [4.78, 5) is 0. The van der Waals surface area contributed by atoms with Crippen LogP contribution >= 0.6 is 34.2 Å². The minimum Gasteiger partial charge on any atom is -0.490 e. The first-order valence-electron chi connectivity index (χ1n) is 6.68. The first-order valence-corrected chi connectivity index (χ1v) is 8.13. The van der Waals surface area contributed by atoms with Crippen molar-refractivity contribution in [2.24, 2.45) is 0 Å². The SMILES string of the molecule is CCOc1cc(CO)cc(I)c1OCc1ccc(F)cc1Cl. The molecule has 118 valence electrons. The van der Waals surface area contributed by atoms with Crippen LogP contribution in [0.4, 0.5) is 4.39 Å². The summed E-state index contributed by atoms with van der Waals surface area (Å²) in [7, 11) is 0. The van der Waals surface area contributed by atoms with E-state index in [0.29, 0.717) is 28.7 Å². The molecule has 0 aliphatic heterocycles. The van der Waals surface area contributed by atoms with Crippen LogP contribution in [0.3, 0.4) is 0 Å². The number of hydrogen-bond donors (Lipinski definition) is 1. The third-order valence-electron chi connectivity index (χ3n) is 2.94. The predicted octanol–water partition coefficient (Wildman–Crippen LogP) is 4.55. The summed E-state index contributed by atoms with van der Waals surface area (Å²) in [6.07, 6.45) is 0. The van der Waals surface area contributed by atoms with Gasteiger partial charge in [0, 0.05) is 5.56 Å². The third kappa shape index (κ3) is 4.24. The van der Waals surface area contributed by atoms with Crippen molar-refractivity contribution in [1.82, 2.24) is 0 Å². The second-order valence-corrected chi connectivity index (χ2v) is 6.09. The van der Waals surface area contributed by atoms with E-state index in [4.69, 9.17) is 21.1 Å². The third-order valence-corrected chi connectivity index (χ3v) is 4.09. The predicted molar refractivity (Wildman–Crippen MR) is 92.0 cm³/mol. The minimum atomic E-state index is -0.384. The van der Waals surface area contributed by atoms with Crippen molar-refractivity contribution >= 4 is 34.2 Å². The van der Waals surface area contributed by atoms with Gasteiger partial charge in [0.05, 0.1) is 21.8 Å². The molecule has 0 radical (unpaired) electrons. The molecule has 6 heteroatoms. The summed E-state index contributed by atoms with van der Waals surface area (Å²) in [5, 5.41) is 9.58. The van der Waals surface area contributed by atoms with E-state index in [1.165, 1.54) is 12.1 Å². The van der Waals surface area contributed by atoms with Gasteiger partial charge in [0.25, 0.3) is 0 Å². The Bertz CT molecular complexity index is 664. The van der Waals surface area contributed by atoms with Crippen LogP contribution in [0.15, 0.2) is 30.3 Å². The lowest BCUT2D eigenvalue weighted by Crippen LogP contribution is -2.03. The van der Waals surface area contributed by atoms with Crippen molar-refractivity contribution < 1.29 is 19.0 Å². The lowest BCUT2D eigenvalue weighted by Gasteiger charge is -2.15. The number of aliphatic hydroxyl groups excluding tert-OH is 1. The highest BCUT2D eigenvalue weighted by Crippen LogP contribution is 2.35. The largest absolute Gasteiger partial charge is 0.490 e. The standard InChI is InChI=1S/C16H15ClFIO3/c1-2-21-15-6-10(8-20)5-14(19)16(15)22-9-11-3-4-12(18)7-13(11)17/h3-7,20H,2,8-9H2,1H3. The Morgan fingerprint density at radius 3 is 2.64 bits per heavy atom. The molecular weight excluding hydrogens is 422 g/mol. The van der Waals surface area contributed by atoms with E-state index in [9.17, 15) is 9.50 Å². The van der Waals surface area contributed by atoms with E-state index in [1.807, 2.05) is 13.0 Å². The van der Waals surface area contributed by atoms with E-state index >= 15 is 0 Å². The Morgan fingerprint density at radius 1 is 1.23 bits per heavy atom. The number of ether oxygens (including phenoxy) is 2. The van der Waals surface area contributed by atoms with Gasteiger partial charge in [-0.1, -0.05) is 17.7 Å². The van der Waals surface area contributed by atoms with Crippen LogP contribution < -0.4 is 9.47 Å². The molecule has 0 bridgehead atoms. The molecule has 2 rings (SSSR count). The van der Waals surface area contributed by atoms with E-state index in [2.05, 4.69) is 22.6 Å². The maximum Gasteiger partial charge on any atom is 0.174 e. The highest BCUT2D eigenvalue weighted by Gasteiger charge is 2.13. The van der Waals surface area contributed by atoms with Gasteiger partial charge in [0.2, 0.25) is 0 Å². The summed E-state index contributed by atoms with van der Waals surface area (Å²) in [5.74, 6) is 0.766. The maximum absolute atomic E-state index is 13.1. The minimum absolute atomic E-state index is 0.0693. The van der Waals surface area contributed by atoms with Crippen LogP contribution in [0.25, 0.3) is 0 Å². The van der Waals surface area contributed by atoms with E-state index in [-0.39, 0.29) is 19.0 Å². The Morgan fingerprint density at radius 2 is 2.00 bits per heavy atom. The Kier molecular flexibility index (Phi) is 6.28. The fraction of sp³-hybridized carbons (Fsp3) is 0.250. The van der Waals surface area contributed by atoms with Gasteiger partial charge in [-0.25, -0.2) is 4.39 Å². The molecule has 1 N–H and O–H groups in total. The molecule has 0 aromatic heterocycles. The van der Waals surface area contributed by atoms with Crippen molar-refractivity contribution in [1.29, 1.82) is 0 Å². The van der Waals surface area contributed by atoms with E-state index in [1.54, 1.807) is 12.1 Å². The lowest BCUT2D eigenvalue weighted by molar-refractivity contribution is 0.262. The fourth-order valence-electron chi connectivity index (χ4n) is 1.90. The molecule has 22 heavy (non-hydrogen) atoms. The fourth-order valence-corrected chi connectivity index (χ4v) is 2.95. The molecule has 0 aliphatic carbocycles. The number of halogens is 3. The van der Waals surface area contributed by atoms with Crippen LogP contribution in [0.5, 0.6) is 11.5 Å². The van der Waals surface area contributed by atoms with Gasteiger partial charge in [-0.3, -0.25) is 0 Å². The summed E-state index contributed by atoms with van der Waals surface area (Å²) in [6.45, 7) is 2.49. The number of hydrogen-bond acceptors (Lipinski definition) is 3. The van der Waals surface area contributed by atoms with Crippen molar-refractivity contribution in [3.8, 4) is 11.5 Å². The molecule has 0 amide bonds. The zero-order valence-electron chi connectivity index (χ0n) is 11.9. The van der Waals surface area contributed by atoms with Gasteiger partial charge < -0.3 is 14.6 Å². The second-order valence-electron chi connectivity index (χ2n) is 4.52. The molecule has 0 aliphatic rings. The van der Waals surface area contributed by atoms with Crippen molar-refractivity contribution in [2.75, 3.05) is 6.61 Å². The average molecular weight is 437 g/mol. The van der Waals surface area contributed by atoms with Crippen molar-refractivity contribution in [3.63, 3.8) is 0 Å². The van der Waals surface area contributed by atoms with Gasteiger partial charge in [-0.05, 0) is 59.3 Å². The summed E-state index contributed by atoms with van der Waals surface area (Å²) in [5.41, 5.74) is 1.44. The van der Waals surface area contributed by atoms with Gasteiger partial charge in [-0.2, -0.15) is 0 Å². The molecule has 0 atom stereocenters. The van der Waals surface area contributed by atoms with Gasteiger partial charge in [-0.15, -0.1) is 0 Å². The number of aliphatic hydroxyl groups is 1. The Balaban J connectivity index is 2.24. The molecule has 0 saturated carbocycles. The summed E-state index contributed by atoms with van der Waals surface area (Å²) in [6, 6.07) is 7.75. The van der Waals surface area contributed by atoms with Crippen molar-refractivity contribution in [3.05, 3.63) is 55.9 Å². The van der Waals surface area contributed by atoms with Gasteiger partial charge in [0.1, 0.15) is 12.4 Å². The Hall–Kier alpha value is -1.05. The van der Waals surface area contributed by atoms with Crippen LogP contribution in [0.1, 0.15) is 18.1 Å². The van der Waals surface area contributed by atoms with E-state index < -0.39 is 0 Å². The highest BCUT2D eigenvalue weighted by atomic mass is 127. The monoisotopic (exact) mass is 436 g/mol. The Labute approximate surface area is 147 Å². The molecule has 0 unspecified atom stereocenters. The van der Waals surface area contributed by atoms with Crippen molar-refractivity contribution in [2.45, 2.75) is 20.1 Å².